The average Bonchev–Trinajstić information content (AvgIpc) is 2.41. The van der Waals surface area contributed by atoms with Gasteiger partial charge < -0.3 is 24.8 Å². The molecule has 106 valence electrons. The predicted molar refractivity (Wildman–Crippen MR) is 67.0 cm³/mol. The Labute approximate surface area is 113 Å². The van der Waals surface area contributed by atoms with E-state index in [2.05, 4.69) is 4.74 Å². The summed E-state index contributed by atoms with van der Waals surface area (Å²) in [5.74, 6) is -4.68. The second kappa shape index (κ2) is 4.44. The highest BCUT2D eigenvalue weighted by Gasteiger charge is 2.40. The van der Waals surface area contributed by atoms with Crippen LogP contribution in [0.3, 0.4) is 0 Å². The monoisotopic (exact) mass is 280 g/mol. The third-order valence-electron chi connectivity index (χ3n) is 3.13. The SMILES string of the molecule is COC1=C(O)c2c(O)c(OC)c(C)c(O)c2C(=O)C1=O. The van der Waals surface area contributed by atoms with Crippen LogP contribution in [0.25, 0.3) is 5.76 Å². The van der Waals surface area contributed by atoms with Crippen LogP contribution in [0.15, 0.2) is 5.76 Å². The predicted octanol–water partition coefficient (Wildman–Crippen LogP) is 1.05. The zero-order valence-electron chi connectivity index (χ0n) is 11.0. The lowest BCUT2D eigenvalue weighted by atomic mass is 9.88. The van der Waals surface area contributed by atoms with Gasteiger partial charge in [0.15, 0.2) is 17.3 Å². The van der Waals surface area contributed by atoms with E-state index in [0.29, 0.717) is 0 Å². The van der Waals surface area contributed by atoms with Crippen LogP contribution in [0.5, 0.6) is 17.2 Å². The lowest BCUT2D eigenvalue weighted by Crippen LogP contribution is -2.25. The smallest absolute Gasteiger partial charge is 0.272 e. The maximum atomic E-state index is 12.0. The molecule has 2 rings (SSSR count). The first-order valence-electron chi connectivity index (χ1n) is 5.55. The van der Waals surface area contributed by atoms with E-state index in [9.17, 15) is 24.9 Å². The van der Waals surface area contributed by atoms with Gasteiger partial charge in [-0.1, -0.05) is 0 Å². The zero-order valence-corrected chi connectivity index (χ0v) is 11.0. The van der Waals surface area contributed by atoms with E-state index in [0.717, 1.165) is 7.11 Å². The molecule has 3 N–H and O–H groups in total. The molecule has 0 saturated carbocycles. The molecule has 20 heavy (non-hydrogen) atoms. The molecule has 1 aromatic rings. The van der Waals surface area contributed by atoms with Crippen LogP contribution in [0.1, 0.15) is 21.5 Å². The highest BCUT2D eigenvalue weighted by atomic mass is 16.5. The first-order valence-corrected chi connectivity index (χ1v) is 5.55. The molecule has 0 radical (unpaired) electrons. The van der Waals surface area contributed by atoms with Crippen LogP contribution in [-0.4, -0.2) is 41.1 Å². The van der Waals surface area contributed by atoms with Crippen LogP contribution >= 0.6 is 0 Å². The van der Waals surface area contributed by atoms with E-state index in [1.807, 2.05) is 0 Å². The molecule has 0 bridgehead atoms. The van der Waals surface area contributed by atoms with Crippen molar-refractivity contribution >= 4 is 17.3 Å². The average molecular weight is 280 g/mol. The van der Waals surface area contributed by atoms with Crippen LogP contribution < -0.4 is 4.74 Å². The molecule has 0 fully saturated rings. The molecule has 0 aromatic heterocycles. The van der Waals surface area contributed by atoms with E-state index in [1.165, 1.54) is 14.0 Å². The van der Waals surface area contributed by atoms with Crippen LogP contribution in [0, 0.1) is 6.92 Å². The Morgan fingerprint density at radius 1 is 0.850 bits per heavy atom. The van der Waals surface area contributed by atoms with E-state index in [-0.39, 0.29) is 16.9 Å². The second-order valence-electron chi connectivity index (χ2n) is 4.15. The number of aliphatic hydroxyl groups is 1. The molecule has 0 spiro atoms. The number of ether oxygens (including phenoxy) is 2. The Kier molecular flexibility index (Phi) is 3.05. The quantitative estimate of drug-likeness (QED) is 0.548. The zero-order chi connectivity index (χ0) is 15.2. The van der Waals surface area contributed by atoms with Crippen molar-refractivity contribution in [2.45, 2.75) is 6.92 Å². The fourth-order valence-electron chi connectivity index (χ4n) is 2.15. The van der Waals surface area contributed by atoms with E-state index < -0.39 is 40.1 Å². The molecule has 1 aliphatic carbocycles. The third kappa shape index (κ3) is 1.52. The number of aromatic hydroxyl groups is 2. The number of carbonyl (C=O) groups excluding carboxylic acids is 2. The number of ketones is 2. The van der Waals surface area contributed by atoms with Gasteiger partial charge in [-0.3, -0.25) is 9.59 Å². The number of phenolic OH excluding ortho intramolecular Hbond substituents is 2. The number of rotatable bonds is 2. The number of aliphatic hydroxyl groups excluding tert-OH is 1. The van der Waals surface area contributed by atoms with Gasteiger partial charge in [-0.15, -0.1) is 0 Å². The van der Waals surface area contributed by atoms with Crippen molar-refractivity contribution in [3.8, 4) is 17.2 Å². The number of methoxy groups -OCH3 is 2. The van der Waals surface area contributed by atoms with Gasteiger partial charge in [0.1, 0.15) is 5.75 Å². The van der Waals surface area contributed by atoms with Crippen molar-refractivity contribution in [1.82, 2.24) is 0 Å². The van der Waals surface area contributed by atoms with Gasteiger partial charge in [-0.2, -0.15) is 0 Å². The minimum absolute atomic E-state index is 0.0820. The molecule has 7 nitrogen and oxygen atoms in total. The van der Waals surface area contributed by atoms with E-state index in [1.54, 1.807) is 0 Å². The van der Waals surface area contributed by atoms with Gasteiger partial charge in [0.05, 0.1) is 25.3 Å². The van der Waals surface area contributed by atoms with Crippen molar-refractivity contribution in [2.75, 3.05) is 14.2 Å². The number of phenols is 2. The standard InChI is InChI=1S/C13H12O7/c1-4-7(14)5-6(9(16)12(4)19-2)10(17)13(20-3)11(18)8(5)15/h14,16-17H,1-3H3. The van der Waals surface area contributed by atoms with Crippen LogP contribution in [0.2, 0.25) is 0 Å². The molecule has 1 aromatic carbocycles. The summed E-state index contributed by atoms with van der Waals surface area (Å²) in [6.45, 7) is 1.40. The van der Waals surface area contributed by atoms with Gasteiger partial charge >= 0.3 is 0 Å². The number of fused-ring (bicyclic) bond motifs is 1. The Hall–Kier alpha value is -2.70. The number of carbonyl (C=O) groups is 2. The summed E-state index contributed by atoms with van der Waals surface area (Å²) < 4.78 is 9.59. The molecule has 0 atom stereocenters. The summed E-state index contributed by atoms with van der Waals surface area (Å²) in [6.07, 6.45) is 0. The molecule has 0 amide bonds. The van der Waals surface area contributed by atoms with Gasteiger partial charge in [-0.25, -0.2) is 0 Å². The molecule has 0 unspecified atom stereocenters. The maximum Gasteiger partial charge on any atom is 0.272 e. The second-order valence-corrected chi connectivity index (χ2v) is 4.15. The highest BCUT2D eigenvalue weighted by Crippen LogP contribution is 2.47. The molecule has 0 aliphatic heterocycles. The minimum Gasteiger partial charge on any atom is -0.507 e. The summed E-state index contributed by atoms with van der Waals surface area (Å²) in [7, 11) is 2.35. The normalized spacial score (nSPS) is 14.3. The lowest BCUT2D eigenvalue weighted by Gasteiger charge is -2.21. The van der Waals surface area contributed by atoms with Crippen molar-refractivity contribution in [2.24, 2.45) is 0 Å². The van der Waals surface area contributed by atoms with Gasteiger partial charge in [-0.05, 0) is 6.92 Å². The topological polar surface area (TPSA) is 113 Å². The number of benzene rings is 1. The molecule has 0 saturated heterocycles. The van der Waals surface area contributed by atoms with E-state index in [4.69, 9.17) is 4.74 Å². The van der Waals surface area contributed by atoms with Gasteiger partial charge in [0, 0.05) is 5.56 Å². The Morgan fingerprint density at radius 2 is 1.45 bits per heavy atom. The Morgan fingerprint density at radius 3 is 1.95 bits per heavy atom. The number of Topliss-reactive ketones (excluding diaryl/α,β-unsaturated/α-hetero) is 2. The highest BCUT2D eigenvalue weighted by molar-refractivity contribution is 6.52. The molecule has 0 heterocycles. The number of hydrogen-bond acceptors (Lipinski definition) is 7. The third-order valence-corrected chi connectivity index (χ3v) is 3.13. The fourth-order valence-corrected chi connectivity index (χ4v) is 2.15. The first kappa shape index (κ1) is 13.7. The number of allylic oxidation sites excluding steroid dienone is 1. The first-order chi connectivity index (χ1) is 9.36. The van der Waals surface area contributed by atoms with Crippen molar-refractivity contribution in [3.63, 3.8) is 0 Å². The largest absolute Gasteiger partial charge is 0.507 e. The van der Waals surface area contributed by atoms with Crippen molar-refractivity contribution < 1.29 is 34.4 Å². The summed E-state index contributed by atoms with van der Waals surface area (Å²) in [4.78, 5) is 23.7. The number of hydrogen-bond donors (Lipinski definition) is 3. The Balaban J connectivity index is 2.97. The van der Waals surface area contributed by atoms with Crippen LogP contribution in [-0.2, 0) is 9.53 Å². The minimum atomic E-state index is -1.10. The molecular formula is C13H12O7. The van der Waals surface area contributed by atoms with Crippen molar-refractivity contribution in [3.05, 3.63) is 22.4 Å². The molecular weight excluding hydrogens is 268 g/mol. The van der Waals surface area contributed by atoms with E-state index >= 15 is 0 Å². The fraction of sp³-hybridized carbons (Fsp3) is 0.231. The molecule has 7 heteroatoms. The summed E-state index contributed by atoms with van der Waals surface area (Å²) >= 11 is 0. The lowest BCUT2D eigenvalue weighted by molar-refractivity contribution is -0.114. The van der Waals surface area contributed by atoms with Gasteiger partial charge in [0.2, 0.25) is 11.5 Å². The maximum absolute atomic E-state index is 12.0. The van der Waals surface area contributed by atoms with Crippen molar-refractivity contribution in [1.29, 1.82) is 0 Å². The summed E-state index contributed by atoms with van der Waals surface area (Å²) in [5.41, 5.74) is -0.769. The Bertz CT molecular complexity index is 670. The molecule has 1 aliphatic rings. The van der Waals surface area contributed by atoms with Gasteiger partial charge in [0.25, 0.3) is 5.78 Å². The summed E-state index contributed by atoms with van der Waals surface area (Å²) in [5, 5.41) is 30.1. The summed E-state index contributed by atoms with van der Waals surface area (Å²) in [6, 6.07) is 0. The van der Waals surface area contributed by atoms with Crippen LogP contribution in [0.4, 0.5) is 0 Å².